The van der Waals surface area contributed by atoms with E-state index in [1.807, 2.05) is 0 Å². The van der Waals surface area contributed by atoms with Gasteiger partial charge in [0.2, 0.25) is 5.91 Å². The van der Waals surface area contributed by atoms with Crippen molar-refractivity contribution in [3.63, 3.8) is 0 Å². The maximum Gasteiger partial charge on any atom is 0.234 e. The third-order valence-corrected chi connectivity index (χ3v) is 3.12. The number of aliphatic hydroxyl groups is 1. The molecule has 3 N–H and O–H groups in total. The largest absolute Gasteiger partial charge is 0.396 e. The SMILES string of the molecule is CCC(CC)NC(=O)CNC(CCO)C(C)C. The van der Waals surface area contributed by atoms with Gasteiger partial charge in [-0.3, -0.25) is 4.79 Å². The van der Waals surface area contributed by atoms with Gasteiger partial charge in [0.05, 0.1) is 6.54 Å². The summed E-state index contributed by atoms with van der Waals surface area (Å²) in [6, 6.07) is 0.479. The lowest BCUT2D eigenvalue weighted by Crippen LogP contribution is -2.44. The standard InChI is InChI=1S/C13H28N2O2/c1-5-11(6-2)15-13(17)9-14-12(7-8-16)10(3)4/h10-12,14,16H,5-9H2,1-4H3,(H,15,17). The minimum atomic E-state index is 0.0438. The maximum atomic E-state index is 11.7. The Morgan fingerprint density at radius 3 is 2.24 bits per heavy atom. The Morgan fingerprint density at radius 1 is 1.24 bits per heavy atom. The molecule has 0 rings (SSSR count). The van der Waals surface area contributed by atoms with E-state index in [0.29, 0.717) is 18.9 Å². The molecule has 0 aromatic carbocycles. The Bertz CT molecular complexity index is 204. The fourth-order valence-electron chi connectivity index (χ4n) is 1.81. The summed E-state index contributed by atoms with van der Waals surface area (Å²) in [4.78, 5) is 11.7. The lowest BCUT2D eigenvalue weighted by molar-refractivity contribution is -0.121. The first-order chi connectivity index (χ1) is 8.04. The summed E-state index contributed by atoms with van der Waals surface area (Å²) in [5.41, 5.74) is 0. The van der Waals surface area contributed by atoms with Crippen molar-refractivity contribution < 1.29 is 9.90 Å². The van der Waals surface area contributed by atoms with Crippen molar-refractivity contribution in [3.05, 3.63) is 0 Å². The number of aliphatic hydroxyl groups excluding tert-OH is 1. The average Bonchev–Trinajstić information content (AvgIpc) is 2.30. The number of hydrogen-bond donors (Lipinski definition) is 3. The van der Waals surface area contributed by atoms with Gasteiger partial charge in [0.25, 0.3) is 0 Å². The molecule has 0 aromatic rings. The van der Waals surface area contributed by atoms with Crippen LogP contribution < -0.4 is 10.6 Å². The minimum Gasteiger partial charge on any atom is -0.396 e. The molecule has 0 aliphatic rings. The molecule has 1 amide bonds. The van der Waals surface area contributed by atoms with E-state index in [0.717, 1.165) is 12.8 Å². The lowest BCUT2D eigenvalue weighted by Gasteiger charge is -2.22. The van der Waals surface area contributed by atoms with Crippen LogP contribution in [0.5, 0.6) is 0 Å². The van der Waals surface area contributed by atoms with E-state index >= 15 is 0 Å². The Kier molecular flexibility index (Phi) is 9.09. The van der Waals surface area contributed by atoms with Gasteiger partial charge >= 0.3 is 0 Å². The molecule has 0 saturated heterocycles. The second-order valence-electron chi connectivity index (χ2n) is 4.82. The summed E-state index contributed by atoms with van der Waals surface area (Å²) in [6.45, 7) is 8.82. The normalized spacial score (nSPS) is 13.1. The second kappa shape index (κ2) is 9.42. The van der Waals surface area contributed by atoms with Gasteiger partial charge in [0.15, 0.2) is 0 Å². The van der Waals surface area contributed by atoms with Crippen LogP contribution in [0.1, 0.15) is 47.0 Å². The topological polar surface area (TPSA) is 61.4 Å². The molecule has 4 heteroatoms. The van der Waals surface area contributed by atoms with Crippen molar-refractivity contribution in [2.75, 3.05) is 13.2 Å². The summed E-state index contributed by atoms with van der Waals surface area (Å²) < 4.78 is 0. The number of carbonyl (C=O) groups excluding carboxylic acids is 1. The van der Waals surface area contributed by atoms with Gasteiger partial charge in [-0.15, -0.1) is 0 Å². The van der Waals surface area contributed by atoms with Crippen LogP contribution in [0.3, 0.4) is 0 Å². The molecule has 102 valence electrons. The molecular weight excluding hydrogens is 216 g/mol. The Balaban J connectivity index is 3.95. The van der Waals surface area contributed by atoms with E-state index in [-0.39, 0.29) is 24.6 Å². The van der Waals surface area contributed by atoms with Crippen LogP contribution in [-0.4, -0.2) is 36.2 Å². The highest BCUT2D eigenvalue weighted by atomic mass is 16.3. The zero-order chi connectivity index (χ0) is 13.3. The fourth-order valence-corrected chi connectivity index (χ4v) is 1.81. The number of nitrogens with one attached hydrogen (secondary N) is 2. The van der Waals surface area contributed by atoms with Gasteiger partial charge in [-0.1, -0.05) is 27.7 Å². The first kappa shape index (κ1) is 16.4. The Labute approximate surface area is 105 Å². The molecule has 0 aromatic heterocycles. The van der Waals surface area contributed by atoms with Gasteiger partial charge < -0.3 is 15.7 Å². The van der Waals surface area contributed by atoms with Crippen LogP contribution in [0.15, 0.2) is 0 Å². The highest BCUT2D eigenvalue weighted by Gasteiger charge is 2.14. The van der Waals surface area contributed by atoms with Crippen LogP contribution in [0, 0.1) is 5.92 Å². The van der Waals surface area contributed by atoms with Crippen LogP contribution in [-0.2, 0) is 4.79 Å². The van der Waals surface area contributed by atoms with Crippen LogP contribution in [0.4, 0.5) is 0 Å². The molecule has 17 heavy (non-hydrogen) atoms. The second-order valence-corrected chi connectivity index (χ2v) is 4.82. The third kappa shape index (κ3) is 7.34. The van der Waals surface area contributed by atoms with Crippen LogP contribution in [0.25, 0.3) is 0 Å². The Morgan fingerprint density at radius 2 is 1.82 bits per heavy atom. The zero-order valence-corrected chi connectivity index (χ0v) is 11.6. The van der Waals surface area contributed by atoms with Gasteiger partial charge in [-0.2, -0.15) is 0 Å². The fraction of sp³-hybridized carbons (Fsp3) is 0.923. The summed E-state index contributed by atoms with van der Waals surface area (Å²) >= 11 is 0. The molecule has 1 unspecified atom stereocenters. The van der Waals surface area contributed by atoms with E-state index in [1.165, 1.54) is 0 Å². The first-order valence-electron chi connectivity index (χ1n) is 6.68. The van der Waals surface area contributed by atoms with Gasteiger partial charge in [0, 0.05) is 18.7 Å². The van der Waals surface area contributed by atoms with Crippen molar-refractivity contribution in [2.24, 2.45) is 5.92 Å². The monoisotopic (exact) mass is 244 g/mol. The van der Waals surface area contributed by atoms with Gasteiger partial charge in [-0.25, -0.2) is 0 Å². The molecule has 0 fully saturated rings. The van der Waals surface area contributed by atoms with Crippen molar-refractivity contribution >= 4 is 5.91 Å². The number of rotatable bonds is 9. The van der Waals surface area contributed by atoms with Gasteiger partial charge in [0.1, 0.15) is 0 Å². The van der Waals surface area contributed by atoms with Crippen molar-refractivity contribution in [1.29, 1.82) is 0 Å². The zero-order valence-electron chi connectivity index (χ0n) is 11.6. The van der Waals surface area contributed by atoms with E-state index < -0.39 is 0 Å². The molecule has 1 atom stereocenters. The van der Waals surface area contributed by atoms with Crippen molar-refractivity contribution in [1.82, 2.24) is 10.6 Å². The van der Waals surface area contributed by atoms with Crippen molar-refractivity contribution in [2.45, 2.75) is 59.0 Å². The summed E-state index contributed by atoms with van der Waals surface area (Å²) in [5.74, 6) is 0.463. The predicted octanol–water partition coefficient (Wildman–Crippen LogP) is 1.29. The summed E-state index contributed by atoms with van der Waals surface area (Å²) in [6.07, 6.45) is 2.62. The molecular formula is C13H28N2O2. The third-order valence-electron chi connectivity index (χ3n) is 3.12. The molecule has 0 heterocycles. The molecule has 0 aliphatic carbocycles. The molecule has 4 nitrogen and oxygen atoms in total. The highest BCUT2D eigenvalue weighted by molar-refractivity contribution is 5.78. The number of amides is 1. The highest BCUT2D eigenvalue weighted by Crippen LogP contribution is 2.05. The maximum absolute atomic E-state index is 11.7. The van der Waals surface area contributed by atoms with E-state index in [9.17, 15) is 4.79 Å². The number of hydrogen-bond acceptors (Lipinski definition) is 3. The van der Waals surface area contributed by atoms with E-state index in [4.69, 9.17) is 5.11 Å². The summed E-state index contributed by atoms with van der Waals surface area (Å²) in [5, 5.41) is 15.1. The molecule has 0 saturated carbocycles. The molecule has 0 aliphatic heterocycles. The smallest absolute Gasteiger partial charge is 0.234 e. The average molecular weight is 244 g/mol. The Hall–Kier alpha value is -0.610. The quantitative estimate of drug-likeness (QED) is 0.573. The molecule has 0 radical (unpaired) electrons. The molecule has 0 spiro atoms. The number of carbonyl (C=O) groups is 1. The van der Waals surface area contributed by atoms with Crippen LogP contribution >= 0.6 is 0 Å². The molecule has 0 bridgehead atoms. The van der Waals surface area contributed by atoms with Crippen molar-refractivity contribution in [3.8, 4) is 0 Å². The summed E-state index contributed by atoms with van der Waals surface area (Å²) in [7, 11) is 0. The minimum absolute atomic E-state index is 0.0438. The van der Waals surface area contributed by atoms with Crippen LogP contribution in [0.2, 0.25) is 0 Å². The van der Waals surface area contributed by atoms with E-state index in [2.05, 4.69) is 38.3 Å². The predicted molar refractivity (Wildman–Crippen MR) is 70.8 cm³/mol. The first-order valence-corrected chi connectivity index (χ1v) is 6.68. The lowest BCUT2D eigenvalue weighted by atomic mass is 10.0. The van der Waals surface area contributed by atoms with E-state index in [1.54, 1.807) is 0 Å². The van der Waals surface area contributed by atoms with Gasteiger partial charge in [-0.05, 0) is 25.2 Å².